The molecule has 0 radical (unpaired) electrons. The van der Waals surface area contributed by atoms with Gasteiger partial charge in [0.15, 0.2) is 5.78 Å². The van der Waals surface area contributed by atoms with E-state index >= 15 is 0 Å². The van der Waals surface area contributed by atoms with E-state index in [1.54, 1.807) is 43.3 Å². The maximum Gasteiger partial charge on any atom is 0.172 e. The van der Waals surface area contributed by atoms with Gasteiger partial charge in [-0.2, -0.15) is 0 Å². The van der Waals surface area contributed by atoms with Gasteiger partial charge in [0, 0.05) is 5.56 Å². The van der Waals surface area contributed by atoms with Gasteiger partial charge in [0.2, 0.25) is 0 Å². The third-order valence-electron chi connectivity index (χ3n) is 3.22. The monoisotopic (exact) mass is 274 g/mol. The largest absolute Gasteiger partial charge is 0.491 e. The number of carbonyl (C=O) groups is 1. The average molecular weight is 274 g/mol. The van der Waals surface area contributed by atoms with Gasteiger partial charge in [-0.15, -0.1) is 0 Å². The van der Waals surface area contributed by atoms with E-state index in [1.807, 2.05) is 6.07 Å². The zero-order chi connectivity index (χ0) is 14.6. The minimum absolute atomic E-state index is 0.0975. The molecular weight excluding hydrogens is 256 g/mol. The molecule has 4 heteroatoms. The first kappa shape index (κ1) is 14.5. The lowest BCUT2D eigenvalue weighted by Crippen LogP contribution is -2.38. The molecule has 4 nitrogen and oxygen atoms in total. The number of ether oxygens (including phenoxy) is 1. The number of benzene rings is 1. The van der Waals surface area contributed by atoms with Crippen LogP contribution in [-0.2, 0) is 4.74 Å². The first-order valence-corrected chi connectivity index (χ1v) is 6.51. The fourth-order valence-electron chi connectivity index (χ4n) is 2.20. The Kier molecular flexibility index (Phi) is 4.37. The molecule has 2 unspecified atom stereocenters. The van der Waals surface area contributed by atoms with Crippen molar-refractivity contribution in [3.05, 3.63) is 59.9 Å². The van der Waals surface area contributed by atoms with Gasteiger partial charge in [0.05, 0.1) is 18.1 Å². The molecular formula is C16H18O4. The Morgan fingerprint density at radius 2 is 2.05 bits per heavy atom. The van der Waals surface area contributed by atoms with Crippen LogP contribution in [-0.4, -0.2) is 34.8 Å². The predicted octanol–water partition coefficient (Wildman–Crippen LogP) is 1.70. The standard InChI is InChI=1S/C16H18O4/c1-16(19)11-13(20-10-9-17)7-8-14(16)15(18)12-5-3-2-4-6-12/h2-8,11,14,17,19H,9-10H2,1H3. The van der Waals surface area contributed by atoms with E-state index in [0.29, 0.717) is 11.3 Å². The summed E-state index contributed by atoms with van der Waals surface area (Å²) >= 11 is 0. The van der Waals surface area contributed by atoms with Gasteiger partial charge >= 0.3 is 0 Å². The van der Waals surface area contributed by atoms with Crippen LogP contribution in [0.25, 0.3) is 0 Å². The molecule has 0 saturated heterocycles. The lowest BCUT2D eigenvalue weighted by molar-refractivity contribution is 0.0470. The first-order valence-electron chi connectivity index (χ1n) is 6.51. The van der Waals surface area contributed by atoms with Gasteiger partial charge in [-0.1, -0.05) is 36.4 Å². The van der Waals surface area contributed by atoms with Gasteiger partial charge in [0.1, 0.15) is 12.4 Å². The van der Waals surface area contributed by atoms with Crippen LogP contribution < -0.4 is 0 Å². The second kappa shape index (κ2) is 6.03. The highest BCUT2D eigenvalue weighted by atomic mass is 16.5. The van der Waals surface area contributed by atoms with Crippen LogP contribution in [0.5, 0.6) is 0 Å². The third kappa shape index (κ3) is 3.15. The average Bonchev–Trinajstić information content (AvgIpc) is 2.44. The van der Waals surface area contributed by atoms with Gasteiger partial charge in [-0.3, -0.25) is 4.79 Å². The molecule has 0 amide bonds. The summed E-state index contributed by atoms with van der Waals surface area (Å²) < 4.78 is 5.25. The van der Waals surface area contributed by atoms with E-state index in [1.165, 1.54) is 6.08 Å². The number of allylic oxidation sites excluding steroid dienone is 1. The van der Waals surface area contributed by atoms with Crippen LogP contribution in [0.2, 0.25) is 0 Å². The molecule has 2 rings (SSSR count). The molecule has 20 heavy (non-hydrogen) atoms. The Bertz CT molecular complexity index is 529. The molecule has 1 aliphatic rings. The van der Waals surface area contributed by atoms with Gasteiger partial charge < -0.3 is 14.9 Å². The number of carbonyl (C=O) groups excluding carboxylic acids is 1. The fourth-order valence-corrected chi connectivity index (χ4v) is 2.20. The SMILES string of the molecule is CC1(O)C=C(OCCO)C=CC1C(=O)c1ccccc1. The number of aliphatic hydroxyl groups is 2. The highest BCUT2D eigenvalue weighted by Crippen LogP contribution is 2.30. The van der Waals surface area contributed by atoms with E-state index in [0.717, 1.165) is 0 Å². The second-order valence-electron chi connectivity index (χ2n) is 4.91. The third-order valence-corrected chi connectivity index (χ3v) is 3.22. The van der Waals surface area contributed by atoms with Crippen LogP contribution in [0, 0.1) is 5.92 Å². The van der Waals surface area contributed by atoms with Crippen molar-refractivity contribution in [1.82, 2.24) is 0 Å². The van der Waals surface area contributed by atoms with Crippen molar-refractivity contribution < 1.29 is 19.7 Å². The number of aliphatic hydroxyl groups excluding tert-OH is 1. The minimum Gasteiger partial charge on any atom is -0.491 e. The smallest absolute Gasteiger partial charge is 0.172 e. The number of rotatable bonds is 5. The van der Waals surface area contributed by atoms with Crippen molar-refractivity contribution in [3.8, 4) is 0 Å². The van der Waals surface area contributed by atoms with Gasteiger partial charge in [-0.05, 0) is 19.1 Å². The van der Waals surface area contributed by atoms with Crippen LogP contribution in [0.4, 0.5) is 0 Å². The molecule has 2 N–H and O–H groups in total. The van der Waals surface area contributed by atoms with Crippen molar-refractivity contribution in [3.63, 3.8) is 0 Å². The Morgan fingerprint density at radius 1 is 1.35 bits per heavy atom. The van der Waals surface area contributed by atoms with E-state index in [-0.39, 0.29) is 19.0 Å². The highest BCUT2D eigenvalue weighted by molar-refractivity contribution is 6.00. The molecule has 0 bridgehead atoms. The van der Waals surface area contributed by atoms with Crippen molar-refractivity contribution in [1.29, 1.82) is 0 Å². The normalized spacial score (nSPS) is 25.1. The van der Waals surface area contributed by atoms with Crippen molar-refractivity contribution in [2.24, 2.45) is 5.92 Å². The van der Waals surface area contributed by atoms with Crippen LogP contribution in [0.15, 0.2) is 54.3 Å². The molecule has 0 saturated carbocycles. The van der Waals surface area contributed by atoms with Crippen molar-refractivity contribution in [2.75, 3.05) is 13.2 Å². The van der Waals surface area contributed by atoms with E-state index in [9.17, 15) is 9.90 Å². The molecule has 1 aliphatic carbocycles. The van der Waals surface area contributed by atoms with Crippen LogP contribution >= 0.6 is 0 Å². The Hall–Kier alpha value is -1.91. The molecule has 0 spiro atoms. The summed E-state index contributed by atoms with van der Waals surface area (Å²) in [5.41, 5.74) is -0.748. The zero-order valence-corrected chi connectivity index (χ0v) is 11.3. The van der Waals surface area contributed by atoms with Gasteiger partial charge in [0.25, 0.3) is 0 Å². The number of hydrogen-bond acceptors (Lipinski definition) is 4. The maximum atomic E-state index is 12.4. The molecule has 0 fully saturated rings. The summed E-state index contributed by atoms with van der Waals surface area (Å²) in [5, 5.41) is 19.2. The second-order valence-corrected chi connectivity index (χ2v) is 4.91. The topological polar surface area (TPSA) is 66.8 Å². The predicted molar refractivity (Wildman–Crippen MR) is 75.1 cm³/mol. The van der Waals surface area contributed by atoms with E-state index in [4.69, 9.17) is 9.84 Å². The van der Waals surface area contributed by atoms with E-state index < -0.39 is 11.5 Å². The Labute approximate surface area is 118 Å². The quantitative estimate of drug-likeness (QED) is 0.802. The fraction of sp³-hybridized carbons (Fsp3) is 0.312. The summed E-state index contributed by atoms with van der Waals surface area (Å²) in [6.45, 7) is 1.63. The van der Waals surface area contributed by atoms with Crippen molar-refractivity contribution >= 4 is 5.78 Å². The summed E-state index contributed by atoms with van der Waals surface area (Å²) in [4.78, 5) is 12.4. The van der Waals surface area contributed by atoms with Crippen molar-refractivity contribution in [2.45, 2.75) is 12.5 Å². The zero-order valence-electron chi connectivity index (χ0n) is 11.3. The first-order chi connectivity index (χ1) is 9.54. The maximum absolute atomic E-state index is 12.4. The minimum atomic E-state index is -1.31. The molecule has 0 heterocycles. The molecule has 106 valence electrons. The molecule has 1 aromatic carbocycles. The summed E-state index contributed by atoms with van der Waals surface area (Å²) in [6.07, 6.45) is 4.80. The number of ketones is 1. The number of hydrogen-bond donors (Lipinski definition) is 2. The molecule has 0 aliphatic heterocycles. The summed E-state index contributed by atoms with van der Waals surface area (Å²) in [6, 6.07) is 8.88. The highest BCUT2D eigenvalue weighted by Gasteiger charge is 2.36. The van der Waals surface area contributed by atoms with Crippen LogP contribution in [0.1, 0.15) is 17.3 Å². The molecule has 0 aromatic heterocycles. The van der Waals surface area contributed by atoms with Crippen LogP contribution in [0.3, 0.4) is 0 Å². The van der Waals surface area contributed by atoms with E-state index in [2.05, 4.69) is 0 Å². The Morgan fingerprint density at radius 3 is 2.65 bits per heavy atom. The molecule has 1 aromatic rings. The lowest BCUT2D eigenvalue weighted by Gasteiger charge is -2.30. The number of Topliss-reactive ketones (excluding diaryl/α,β-unsaturated/α-hetero) is 1. The Balaban J connectivity index is 2.18. The lowest BCUT2D eigenvalue weighted by atomic mass is 9.80. The van der Waals surface area contributed by atoms with Gasteiger partial charge in [-0.25, -0.2) is 0 Å². The summed E-state index contributed by atoms with van der Waals surface area (Å²) in [5.74, 6) is -0.322. The summed E-state index contributed by atoms with van der Waals surface area (Å²) in [7, 11) is 0. The molecule has 2 atom stereocenters.